The van der Waals surface area contributed by atoms with Crippen molar-refractivity contribution in [3.8, 4) is 0 Å². The zero-order valence-electron chi connectivity index (χ0n) is 12.6. The molecule has 0 aromatic carbocycles. The van der Waals surface area contributed by atoms with Crippen molar-refractivity contribution in [1.29, 1.82) is 0 Å². The molecule has 1 aliphatic heterocycles. The molecule has 2 aromatic rings. The van der Waals surface area contributed by atoms with E-state index >= 15 is 0 Å². The fraction of sp³-hybridized carbons (Fsp3) is 0.375. The van der Waals surface area contributed by atoms with E-state index in [2.05, 4.69) is 10.3 Å². The Kier molecular flexibility index (Phi) is 5.22. The van der Waals surface area contributed by atoms with Gasteiger partial charge in [-0.05, 0) is 23.6 Å². The highest BCUT2D eigenvalue weighted by Gasteiger charge is 2.30. The lowest BCUT2D eigenvalue weighted by Crippen LogP contribution is -2.50. The number of thiophene rings is 1. The Balaban J connectivity index is 1.65. The number of hydrogen-bond acceptors (Lipinski definition) is 5. The molecule has 3 heterocycles. The van der Waals surface area contributed by atoms with Gasteiger partial charge in [0, 0.05) is 24.0 Å². The molecule has 2 aromatic heterocycles. The van der Waals surface area contributed by atoms with E-state index in [1.165, 1.54) is 11.3 Å². The van der Waals surface area contributed by atoms with Gasteiger partial charge in [0.05, 0.1) is 25.4 Å². The maximum atomic E-state index is 12.5. The summed E-state index contributed by atoms with van der Waals surface area (Å²) >= 11 is 1.51. The molecule has 3 rings (SSSR count). The second-order valence-corrected chi connectivity index (χ2v) is 6.31. The van der Waals surface area contributed by atoms with Gasteiger partial charge in [0.25, 0.3) is 0 Å². The van der Waals surface area contributed by atoms with Gasteiger partial charge in [0.2, 0.25) is 0 Å². The number of aromatic nitrogens is 1. The zero-order valence-corrected chi connectivity index (χ0v) is 13.4. The summed E-state index contributed by atoms with van der Waals surface area (Å²) in [4.78, 5) is 19.2. The fourth-order valence-electron chi connectivity index (χ4n) is 2.59. The summed E-state index contributed by atoms with van der Waals surface area (Å²) < 4.78 is 5.49. The first-order valence-corrected chi connectivity index (χ1v) is 8.40. The van der Waals surface area contributed by atoms with Crippen LogP contribution in [0.2, 0.25) is 0 Å². The number of nitrogens with one attached hydrogen (secondary N) is 1. The molecule has 7 heteroatoms. The number of carbonyl (C=O) groups is 1. The molecule has 23 heavy (non-hydrogen) atoms. The number of morpholine rings is 1. The minimum absolute atomic E-state index is 0.162. The Morgan fingerprint density at radius 2 is 2.39 bits per heavy atom. The number of hydrogen-bond donors (Lipinski definition) is 2. The molecule has 2 amide bonds. The number of rotatable bonds is 4. The molecule has 0 radical (unpaired) electrons. The summed E-state index contributed by atoms with van der Waals surface area (Å²) in [5.41, 5.74) is 0. The molecule has 0 spiro atoms. The van der Waals surface area contributed by atoms with Gasteiger partial charge in [-0.3, -0.25) is 5.32 Å². The van der Waals surface area contributed by atoms with Gasteiger partial charge in [-0.2, -0.15) is 0 Å². The fourth-order valence-corrected chi connectivity index (χ4v) is 3.31. The number of anilines is 1. The minimum Gasteiger partial charge on any atom is -0.387 e. The molecular formula is C16H19N3O3S. The van der Waals surface area contributed by atoms with Crippen LogP contribution >= 0.6 is 11.3 Å². The van der Waals surface area contributed by atoms with E-state index < -0.39 is 6.10 Å². The Bertz CT molecular complexity index is 621. The smallest absolute Gasteiger partial charge is 0.323 e. The van der Waals surface area contributed by atoms with Crippen LogP contribution in [0.1, 0.15) is 17.4 Å². The predicted octanol–water partition coefficient (Wildman–Crippen LogP) is 2.50. The summed E-state index contributed by atoms with van der Waals surface area (Å²) in [6, 6.07) is 8.79. The van der Waals surface area contributed by atoms with Crippen LogP contribution < -0.4 is 5.32 Å². The van der Waals surface area contributed by atoms with Crippen LogP contribution in [0, 0.1) is 0 Å². The van der Waals surface area contributed by atoms with Crippen molar-refractivity contribution >= 4 is 23.2 Å². The van der Waals surface area contributed by atoms with Crippen molar-refractivity contribution in [3.63, 3.8) is 0 Å². The molecule has 0 aliphatic carbocycles. The lowest BCUT2D eigenvalue weighted by atomic mass is 10.1. The maximum Gasteiger partial charge on any atom is 0.323 e. The van der Waals surface area contributed by atoms with Gasteiger partial charge in [0.1, 0.15) is 5.82 Å². The summed E-state index contributed by atoms with van der Waals surface area (Å²) in [6.45, 7) is 1.43. The molecule has 1 saturated heterocycles. The van der Waals surface area contributed by atoms with Crippen molar-refractivity contribution in [2.45, 2.75) is 18.6 Å². The van der Waals surface area contributed by atoms with Crippen molar-refractivity contribution in [1.82, 2.24) is 9.88 Å². The molecule has 1 fully saturated rings. The van der Waals surface area contributed by atoms with E-state index in [4.69, 9.17) is 4.74 Å². The lowest BCUT2D eigenvalue weighted by molar-refractivity contribution is -0.00384. The Hall–Kier alpha value is -1.96. The summed E-state index contributed by atoms with van der Waals surface area (Å²) in [6.07, 6.45) is 1.50. The van der Waals surface area contributed by atoms with E-state index in [1.807, 2.05) is 23.6 Å². The lowest BCUT2D eigenvalue weighted by Gasteiger charge is -2.36. The van der Waals surface area contributed by atoms with Gasteiger partial charge >= 0.3 is 6.03 Å². The van der Waals surface area contributed by atoms with Crippen molar-refractivity contribution < 1.29 is 14.6 Å². The molecule has 1 aliphatic rings. The third kappa shape index (κ3) is 4.07. The van der Waals surface area contributed by atoms with Crippen LogP contribution in [-0.4, -0.2) is 46.8 Å². The molecule has 2 unspecified atom stereocenters. The monoisotopic (exact) mass is 333 g/mol. The predicted molar refractivity (Wildman–Crippen MR) is 88.5 cm³/mol. The molecule has 2 atom stereocenters. The standard InChI is InChI=1S/C16H19N3O3S/c20-13(14-4-3-9-23-14)10-12-11-22-8-7-19(12)16(21)18-15-5-1-2-6-17-15/h1-6,9,12-13,20H,7-8,10-11H2,(H,17,18,21). The molecular weight excluding hydrogens is 314 g/mol. The largest absolute Gasteiger partial charge is 0.387 e. The SMILES string of the molecule is O=C(Nc1ccccn1)N1CCOCC1CC(O)c1cccs1. The summed E-state index contributed by atoms with van der Waals surface area (Å²) in [5, 5.41) is 15.1. The minimum atomic E-state index is -0.591. The Labute approximate surface area is 138 Å². The van der Waals surface area contributed by atoms with E-state index in [0.29, 0.717) is 32.0 Å². The number of aliphatic hydroxyl groups is 1. The van der Waals surface area contributed by atoms with Gasteiger partial charge in [-0.25, -0.2) is 9.78 Å². The summed E-state index contributed by atoms with van der Waals surface area (Å²) in [5.74, 6) is 0.515. The Morgan fingerprint density at radius 3 is 3.13 bits per heavy atom. The van der Waals surface area contributed by atoms with E-state index in [1.54, 1.807) is 23.2 Å². The molecule has 6 nitrogen and oxygen atoms in total. The van der Waals surface area contributed by atoms with Crippen molar-refractivity contribution in [2.24, 2.45) is 0 Å². The Morgan fingerprint density at radius 1 is 1.48 bits per heavy atom. The first-order chi connectivity index (χ1) is 11.2. The van der Waals surface area contributed by atoms with Gasteiger partial charge in [-0.15, -0.1) is 11.3 Å². The second-order valence-electron chi connectivity index (χ2n) is 5.33. The van der Waals surface area contributed by atoms with Crippen LogP contribution in [0.3, 0.4) is 0 Å². The highest BCUT2D eigenvalue weighted by atomic mass is 32.1. The number of aliphatic hydroxyl groups excluding tert-OH is 1. The number of pyridine rings is 1. The average Bonchev–Trinajstić information content (AvgIpc) is 3.11. The van der Waals surface area contributed by atoms with E-state index in [0.717, 1.165) is 4.88 Å². The average molecular weight is 333 g/mol. The number of urea groups is 1. The van der Waals surface area contributed by atoms with E-state index in [-0.39, 0.29) is 12.1 Å². The molecule has 0 bridgehead atoms. The molecule has 2 N–H and O–H groups in total. The quantitative estimate of drug-likeness (QED) is 0.901. The highest BCUT2D eigenvalue weighted by Crippen LogP contribution is 2.26. The van der Waals surface area contributed by atoms with Crippen LogP contribution in [0.4, 0.5) is 10.6 Å². The third-order valence-corrected chi connectivity index (χ3v) is 4.73. The number of ether oxygens (including phenoxy) is 1. The van der Waals surface area contributed by atoms with Crippen LogP contribution in [0.15, 0.2) is 41.9 Å². The third-order valence-electron chi connectivity index (χ3n) is 3.76. The number of carbonyl (C=O) groups excluding carboxylic acids is 1. The number of nitrogens with zero attached hydrogens (tertiary/aromatic N) is 2. The topological polar surface area (TPSA) is 74.7 Å². The first kappa shape index (κ1) is 15.9. The molecule has 122 valence electrons. The zero-order chi connectivity index (χ0) is 16.1. The highest BCUT2D eigenvalue weighted by molar-refractivity contribution is 7.10. The van der Waals surface area contributed by atoms with Gasteiger partial charge in [0.15, 0.2) is 0 Å². The van der Waals surface area contributed by atoms with Gasteiger partial charge in [-0.1, -0.05) is 12.1 Å². The number of amides is 2. The van der Waals surface area contributed by atoms with Crippen LogP contribution in [0.5, 0.6) is 0 Å². The van der Waals surface area contributed by atoms with Crippen LogP contribution in [-0.2, 0) is 4.74 Å². The molecule has 0 saturated carbocycles. The van der Waals surface area contributed by atoms with E-state index in [9.17, 15) is 9.90 Å². The summed E-state index contributed by atoms with van der Waals surface area (Å²) in [7, 11) is 0. The maximum absolute atomic E-state index is 12.5. The first-order valence-electron chi connectivity index (χ1n) is 7.52. The van der Waals surface area contributed by atoms with Gasteiger partial charge < -0.3 is 14.7 Å². The van der Waals surface area contributed by atoms with Crippen molar-refractivity contribution in [3.05, 3.63) is 46.8 Å². The second kappa shape index (κ2) is 7.54. The van der Waals surface area contributed by atoms with Crippen molar-refractivity contribution in [2.75, 3.05) is 25.1 Å². The van der Waals surface area contributed by atoms with Crippen LogP contribution in [0.25, 0.3) is 0 Å². The normalized spacial score (nSPS) is 19.3.